The number of fused-ring (bicyclic) bond motifs is 2. The topological polar surface area (TPSA) is 96.8 Å². The summed E-state index contributed by atoms with van der Waals surface area (Å²) in [5, 5.41) is 6.84. The zero-order valence-electron chi connectivity index (χ0n) is 22.6. The number of rotatable bonds is 5. The van der Waals surface area contributed by atoms with Gasteiger partial charge in [0.1, 0.15) is 11.5 Å². The molecule has 2 atom stereocenters. The van der Waals surface area contributed by atoms with Gasteiger partial charge in [-0.3, -0.25) is 9.59 Å². The van der Waals surface area contributed by atoms with Crippen molar-refractivity contribution >= 4 is 34.5 Å². The third-order valence-corrected chi connectivity index (χ3v) is 9.87. The van der Waals surface area contributed by atoms with Crippen LogP contribution in [-0.2, 0) is 11.2 Å². The fraction of sp³-hybridized carbons (Fsp3) is 0.400. The van der Waals surface area contributed by atoms with Crippen molar-refractivity contribution in [3.8, 4) is 11.3 Å². The Morgan fingerprint density at radius 3 is 2.70 bits per heavy atom. The Hall–Kier alpha value is -3.79. The molecule has 4 aromatic rings. The summed E-state index contributed by atoms with van der Waals surface area (Å²) in [6, 6.07) is 10.8. The van der Waals surface area contributed by atoms with E-state index in [0.29, 0.717) is 60.3 Å². The van der Waals surface area contributed by atoms with Crippen LogP contribution >= 0.6 is 11.3 Å². The summed E-state index contributed by atoms with van der Waals surface area (Å²) in [4.78, 5) is 35.5. The van der Waals surface area contributed by atoms with Crippen LogP contribution in [0.4, 0.5) is 10.1 Å². The Morgan fingerprint density at radius 1 is 1.15 bits per heavy atom. The standard InChI is InChI=1S/C30H31FN6O2S/c1-17-20-8-12-40-26(20)7-10-36(17)28(38)24-14-25(18-3-4-18)37-27(33-24)15-23(34-37)21-6-5-19(13-22(21)31)35-11-9-30(2,16-35)29(32)39/h5-6,8,12-15,17-18H,3-4,7,9-11,16H2,1-2H3,(H2,32,39)/t17-,30+/m1/s1. The van der Waals surface area contributed by atoms with Gasteiger partial charge in [-0.25, -0.2) is 13.9 Å². The predicted molar refractivity (Wildman–Crippen MR) is 152 cm³/mol. The molecule has 10 heteroatoms. The fourth-order valence-corrected chi connectivity index (χ4v) is 7.10. The molecule has 8 nitrogen and oxygen atoms in total. The number of nitrogens with zero attached hydrogens (tertiary/aromatic N) is 5. The molecule has 40 heavy (non-hydrogen) atoms. The second kappa shape index (κ2) is 9.12. The molecule has 3 aromatic heterocycles. The van der Waals surface area contributed by atoms with E-state index < -0.39 is 11.2 Å². The molecular formula is C30H31FN6O2S. The van der Waals surface area contributed by atoms with Crippen LogP contribution in [0.1, 0.15) is 71.7 Å². The summed E-state index contributed by atoms with van der Waals surface area (Å²) in [6.45, 7) is 5.69. The lowest BCUT2D eigenvalue weighted by atomic mass is 9.89. The minimum atomic E-state index is -0.616. The second-order valence-corrected chi connectivity index (χ2v) is 12.6. The van der Waals surface area contributed by atoms with Crippen molar-refractivity contribution < 1.29 is 14.0 Å². The molecule has 5 heterocycles. The molecule has 0 bridgehead atoms. The van der Waals surface area contributed by atoms with Crippen molar-refractivity contribution in [3.05, 3.63) is 69.4 Å². The highest BCUT2D eigenvalue weighted by atomic mass is 32.1. The molecule has 2 amide bonds. The minimum Gasteiger partial charge on any atom is -0.370 e. The number of benzene rings is 1. The lowest BCUT2D eigenvalue weighted by Crippen LogP contribution is -2.38. The summed E-state index contributed by atoms with van der Waals surface area (Å²) in [5.41, 5.74) is 9.65. The van der Waals surface area contributed by atoms with E-state index >= 15 is 4.39 Å². The van der Waals surface area contributed by atoms with Crippen LogP contribution < -0.4 is 10.6 Å². The highest BCUT2D eigenvalue weighted by molar-refractivity contribution is 7.10. The van der Waals surface area contributed by atoms with Gasteiger partial charge in [0.2, 0.25) is 5.91 Å². The average Bonchev–Trinajstić information content (AvgIpc) is 3.31. The van der Waals surface area contributed by atoms with Gasteiger partial charge in [-0.1, -0.05) is 0 Å². The molecular weight excluding hydrogens is 527 g/mol. The van der Waals surface area contributed by atoms with Crippen molar-refractivity contribution in [2.75, 3.05) is 24.5 Å². The van der Waals surface area contributed by atoms with Crippen LogP contribution in [0.5, 0.6) is 0 Å². The molecule has 0 spiro atoms. The smallest absolute Gasteiger partial charge is 0.273 e. The summed E-state index contributed by atoms with van der Waals surface area (Å²) in [6.07, 6.45) is 3.55. The molecule has 2 fully saturated rings. The third kappa shape index (κ3) is 4.08. The first-order valence-electron chi connectivity index (χ1n) is 13.8. The lowest BCUT2D eigenvalue weighted by molar-refractivity contribution is -0.125. The zero-order chi connectivity index (χ0) is 27.8. The SMILES string of the molecule is C[C@@H]1c2ccsc2CCN1C(=O)c1cc(C2CC2)n2nc(-c3ccc(N4CC[C@](C)(C(N)=O)C4)cc3F)cc2n1. The van der Waals surface area contributed by atoms with Crippen LogP contribution in [0.2, 0.25) is 0 Å². The van der Waals surface area contributed by atoms with E-state index in [4.69, 9.17) is 15.8 Å². The van der Waals surface area contributed by atoms with E-state index in [1.54, 1.807) is 28.0 Å². The first kappa shape index (κ1) is 25.2. The summed E-state index contributed by atoms with van der Waals surface area (Å²) in [7, 11) is 0. The predicted octanol–water partition coefficient (Wildman–Crippen LogP) is 4.94. The van der Waals surface area contributed by atoms with Gasteiger partial charge in [-0.15, -0.1) is 11.3 Å². The van der Waals surface area contributed by atoms with Crippen molar-refractivity contribution in [3.63, 3.8) is 0 Å². The van der Waals surface area contributed by atoms with Crippen molar-refractivity contribution in [1.82, 2.24) is 19.5 Å². The molecule has 1 saturated carbocycles. The molecule has 2 aliphatic heterocycles. The van der Waals surface area contributed by atoms with Gasteiger partial charge in [0.05, 0.1) is 17.2 Å². The molecule has 2 N–H and O–H groups in total. The highest BCUT2D eigenvalue weighted by Crippen LogP contribution is 2.41. The first-order chi connectivity index (χ1) is 19.2. The van der Waals surface area contributed by atoms with E-state index in [-0.39, 0.29) is 17.9 Å². The number of anilines is 1. The number of hydrogen-bond acceptors (Lipinski definition) is 6. The molecule has 0 unspecified atom stereocenters. The van der Waals surface area contributed by atoms with Crippen LogP contribution in [0, 0.1) is 11.2 Å². The van der Waals surface area contributed by atoms with E-state index in [0.717, 1.165) is 25.0 Å². The molecule has 7 rings (SSSR count). The monoisotopic (exact) mass is 558 g/mol. The quantitative estimate of drug-likeness (QED) is 0.375. The Morgan fingerprint density at radius 2 is 1.98 bits per heavy atom. The van der Waals surface area contributed by atoms with E-state index in [2.05, 4.69) is 18.4 Å². The number of primary amides is 1. The number of thiophene rings is 1. The zero-order valence-corrected chi connectivity index (χ0v) is 23.4. The number of carbonyl (C=O) groups is 2. The van der Waals surface area contributed by atoms with Crippen molar-refractivity contribution in [1.29, 1.82) is 0 Å². The summed E-state index contributed by atoms with van der Waals surface area (Å²) >= 11 is 1.75. The maximum absolute atomic E-state index is 15.5. The van der Waals surface area contributed by atoms with Gasteiger partial charge in [0.15, 0.2) is 5.65 Å². The molecule has 1 aliphatic carbocycles. The Balaban J connectivity index is 1.21. The second-order valence-electron chi connectivity index (χ2n) is 11.6. The maximum Gasteiger partial charge on any atom is 0.273 e. The van der Waals surface area contributed by atoms with Gasteiger partial charge < -0.3 is 15.5 Å². The maximum atomic E-state index is 15.5. The fourth-order valence-electron chi connectivity index (χ4n) is 6.13. The van der Waals surface area contributed by atoms with Gasteiger partial charge >= 0.3 is 0 Å². The van der Waals surface area contributed by atoms with Gasteiger partial charge in [-0.2, -0.15) is 5.10 Å². The number of nitrogens with two attached hydrogens (primary N) is 1. The number of aromatic nitrogens is 3. The molecule has 206 valence electrons. The lowest BCUT2D eigenvalue weighted by Gasteiger charge is -2.33. The molecule has 3 aliphatic rings. The van der Waals surface area contributed by atoms with Crippen LogP contribution in [0.25, 0.3) is 16.9 Å². The van der Waals surface area contributed by atoms with E-state index in [9.17, 15) is 9.59 Å². The van der Waals surface area contributed by atoms with Crippen LogP contribution in [0.3, 0.4) is 0 Å². The van der Waals surface area contributed by atoms with Gasteiger partial charge in [0.25, 0.3) is 5.91 Å². The van der Waals surface area contributed by atoms with Gasteiger partial charge in [-0.05, 0) is 80.8 Å². The largest absolute Gasteiger partial charge is 0.370 e. The normalized spacial score (nSPS) is 22.6. The number of halogens is 1. The molecule has 1 aromatic carbocycles. The summed E-state index contributed by atoms with van der Waals surface area (Å²) in [5.74, 6) is -0.499. The Bertz CT molecular complexity index is 1680. The molecule has 1 saturated heterocycles. The van der Waals surface area contributed by atoms with Crippen LogP contribution in [0.15, 0.2) is 41.8 Å². The Kier molecular flexibility index (Phi) is 5.75. The number of amides is 2. The van der Waals surface area contributed by atoms with Crippen molar-refractivity contribution in [2.45, 2.75) is 51.5 Å². The average molecular weight is 559 g/mol. The van der Waals surface area contributed by atoms with Crippen molar-refractivity contribution in [2.24, 2.45) is 11.1 Å². The highest BCUT2D eigenvalue weighted by Gasteiger charge is 2.39. The molecule has 0 radical (unpaired) electrons. The minimum absolute atomic E-state index is 0.00516. The van der Waals surface area contributed by atoms with E-state index in [1.807, 2.05) is 28.9 Å². The number of carbonyl (C=O) groups excluding carboxylic acids is 2. The first-order valence-corrected chi connectivity index (χ1v) is 14.7. The van der Waals surface area contributed by atoms with Gasteiger partial charge in [0, 0.05) is 53.4 Å². The van der Waals surface area contributed by atoms with Crippen LogP contribution in [-0.4, -0.2) is 50.9 Å². The summed E-state index contributed by atoms with van der Waals surface area (Å²) < 4.78 is 17.3. The number of hydrogen-bond donors (Lipinski definition) is 1. The van der Waals surface area contributed by atoms with E-state index in [1.165, 1.54) is 16.5 Å². The third-order valence-electron chi connectivity index (χ3n) is 8.87. The Labute approximate surface area is 235 Å².